The monoisotopic (exact) mass is 290 g/mol. The van der Waals surface area contributed by atoms with E-state index in [1.807, 2.05) is 32.0 Å². The van der Waals surface area contributed by atoms with Crippen LogP contribution in [-0.2, 0) is 9.59 Å². The van der Waals surface area contributed by atoms with E-state index in [-0.39, 0.29) is 12.3 Å². The second-order valence-electron chi connectivity index (χ2n) is 5.51. The number of hydrogen-bond donors (Lipinski definition) is 1. The van der Waals surface area contributed by atoms with Gasteiger partial charge in [0.15, 0.2) is 0 Å². The molecule has 5 nitrogen and oxygen atoms in total. The molecular formula is C16H22N2O3. The van der Waals surface area contributed by atoms with E-state index < -0.39 is 11.9 Å². The Morgan fingerprint density at radius 2 is 2.14 bits per heavy atom. The van der Waals surface area contributed by atoms with Crippen LogP contribution in [0.2, 0.25) is 0 Å². The lowest BCUT2D eigenvalue weighted by Crippen LogP contribution is -2.44. The van der Waals surface area contributed by atoms with Crippen molar-refractivity contribution in [1.29, 1.82) is 0 Å². The number of ether oxygens (including phenoxy) is 1. The first kappa shape index (κ1) is 15.4. The molecular weight excluding hydrogens is 268 g/mol. The lowest BCUT2D eigenvalue weighted by molar-refractivity contribution is -0.137. The largest absolute Gasteiger partial charge is 0.493 e. The van der Waals surface area contributed by atoms with Crippen LogP contribution in [0.5, 0.6) is 5.75 Å². The molecule has 5 heteroatoms. The first-order chi connectivity index (χ1) is 9.99. The third-order valence-corrected chi connectivity index (χ3v) is 3.81. The van der Waals surface area contributed by atoms with E-state index in [0.29, 0.717) is 19.6 Å². The average Bonchev–Trinajstić information content (AvgIpc) is 2.90. The smallest absolute Gasteiger partial charge is 0.240 e. The van der Waals surface area contributed by atoms with Crippen LogP contribution in [0, 0.1) is 13.8 Å². The van der Waals surface area contributed by atoms with Crippen LogP contribution in [0.15, 0.2) is 18.2 Å². The van der Waals surface area contributed by atoms with Gasteiger partial charge in [-0.15, -0.1) is 0 Å². The molecule has 1 aromatic carbocycles. The van der Waals surface area contributed by atoms with Gasteiger partial charge in [-0.05, 0) is 38.3 Å². The van der Waals surface area contributed by atoms with Crippen LogP contribution in [0.1, 0.15) is 30.4 Å². The SMILES string of the molecule is Cc1ccc(OCCC(=O)N2CCC[C@H]2C(N)=O)c(C)c1. The van der Waals surface area contributed by atoms with Crippen molar-refractivity contribution in [2.75, 3.05) is 13.2 Å². The van der Waals surface area contributed by atoms with Crippen molar-refractivity contribution in [3.05, 3.63) is 29.3 Å². The predicted octanol–water partition coefficient (Wildman–Crippen LogP) is 1.55. The number of nitrogens with two attached hydrogens (primary N) is 1. The van der Waals surface area contributed by atoms with Crippen LogP contribution in [0.25, 0.3) is 0 Å². The van der Waals surface area contributed by atoms with Gasteiger partial charge in [0, 0.05) is 6.54 Å². The van der Waals surface area contributed by atoms with Gasteiger partial charge in [-0.1, -0.05) is 17.7 Å². The van der Waals surface area contributed by atoms with Gasteiger partial charge in [0.25, 0.3) is 0 Å². The number of benzene rings is 1. The van der Waals surface area contributed by atoms with Crippen molar-refractivity contribution in [1.82, 2.24) is 4.90 Å². The highest BCUT2D eigenvalue weighted by Gasteiger charge is 2.32. The average molecular weight is 290 g/mol. The Morgan fingerprint density at radius 1 is 1.38 bits per heavy atom. The summed E-state index contributed by atoms with van der Waals surface area (Å²) < 4.78 is 5.65. The topological polar surface area (TPSA) is 72.6 Å². The van der Waals surface area contributed by atoms with Crippen LogP contribution in [-0.4, -0.2) is 35.9 Å². The fourth-order valence-corrected chi connectivity index (χ4v) is 2.71. The molecule has 1 aliphatic heterocycles. The molecule has 0 radical (unpaired) electrons. The lowest BCUT2D eigenvalue weighted by Gasteiger charge is -2.22. The van der Waals surface area contributed by atoms with Crippen LogP contribution in [0.4, 0.5) is 0 Å². The Balaban J connectivity index is 1.85. The van der Waals surface area contributed by atoms with Gasteiger partial charge in [-0.3, -0.25) is 9.59 Å². The molecule has 1 aromatic rings. The lowest BCUT2D eigenvalue weighted by atomic mass is 10.1. The minimum Gasteiger partial charge on any atom is -0.493 e. The number of nitrogens with zero attached hydrogens (tertiary/aromatic N) is 1. The van der Waals surface area contributed by atoms with Gasteiger partial charge < -0.3 is 15.4 Å². The molecule has 0 aliphatic carbocycles. The van der Waals surface area contributed by atoms with Gasteiger partial charge in [0.05, 0.1) is 13.0 Å². The highest BCUT2D eigenvalue weighted by Crippen LogP contribution is 2.20. The minimum atomic E-state index is -0.446. The van der Waals surface area contributed by atoms with Crippen LogP contribution < -0.4 is 10.5 Å². The number of carbonyl (C=O) groups excluding carboxylic acids is 2. The van der Waals surface area contributed by atoms with E-state index in [0.717, 1.165) is 17.7 Å². The summed E-state index contributed by atoms with van der Waals surface area (Å²) in [7, 11) is 0. The van der Waals surface area contributed by atoms with Crippen molar-refractivity contribution in [3.63, 3.8) is 0 Å². The number of aryl methyl sites for hydroxylation is 2. The van der Waals surface area contributed by atoms with E-state index in [4.69, 9.17) is 10.5 Å². The van der Waals surface area contributed by atoms with E-state index in [9.17, 15) is 9.59 Å². The van der Waals surface area contributed by atoms with Gasteiger partial charge >= 0.3 is 0 Å². The molecule has 0 spiro atoms. The fourth-order valence-electron chi connectivity index (χ4n) is 2.71. The predicted molar refractivity (Wildman–Crippen MR) is 80.0 cm³/mol. The molecule has 21 heavy (non-hydrogen) atoms. The van der Waals surface area contributed by atoms with E-state index in [1.54, 1.807) is 4.90 Å². The summed E-state index contributed by atoms with van der Waals surface area (Å²) in [6, 6.07) is 5.49. The molecule has 2 amide bonds. The van der Waals surface area contributed by atoms with Gasteiger partial charge in [0.2, 0.25) is 11.8 Å². The Bertz CT molecular complexity index is 542. The number of rotatable bonds is 5. The van der Waals surface area contributed by atoms with Crippen molar-refractivity contribution >= 4 is 11.8 Å². The van der Waals surface area contributed by atoms with Crippen LogP contribution in [0.3, 0.4) is 0 Å². The summed E-state index contributed by atoms with van der Waals surface area (Å²) in [4.78, 5) is 25.0. The van der Waals surface area contributed by atoms with Gasteiger partial charge in [0.1, 0.15) is 11.8 Å². The third-order valence-electron chi connectivity index (χ3n) is 3.81. The molecule has 1 saturated heterocycles. The summed E-state index contributed by atoms with van der Waals surface area (Å²) in [5.74, 6) is 0.304. The number of amides is 2. The Morgan fingerprint density at radius 3 is 2.81 bits per heavy atom. The molecule has 0 bridgehead atoms. The quantitative estimate of drug-likeness (QED) is 0.894. The molecule has 0 unspecified atom stereocenters. The van der Waals surface area contributed by atoms with Crippen molar-refractivity contribution in [3.8, 4) is 5.75 Å². The third kappa shape index (κ3) is 3.74. The summed E-state index contributed by atoms with van der Waals surface area (Å²) in [5.41, 5.74) is 7.55. The number of likely N-dealkylation sites (tertiary alicyclic amines) is 1. The molecule has 0 saturated carbocycles. The molecule has 2 rings (SSSR count). The van der Waals surface area contributed by atoms with Gasteiger partial charge in [-0.25, -0.2) is 0 Å². The van der Waals surface area contributed by atoms with E-state index >= 15 is 0 Å². The second-order valence-corrected chi connectivity index (χ2v) is 5.51. The first-order valence-corrected chi connectivity index (χ1v) is 7.28. The molecule has 2 N–H and O–H groups in total. The summed E-state index contributed by atoms with van der Waals surface area (Å²) in [6.45, 7) is 4.92. The number of primary amides is 1. The van der Waals surface area contributed by atoms with Crippen molar-refractivity contribution in [2.24, 2.45) is 5.73 Å². The van der Waals surface area contributed by atoms with E-state index in [1.165, 1.54) is 5.56 Å². The highest BCUT2D eigenvalue weighted by molar-refractivity contribution is 5.87. The molecule has 1 atom stereocenters. The molecule has 1 fully saturated rings. The molecule has 0 aromatic heterocycles. The summed E-state index contributed by atoms with van der Waals surface area (Å²) >= 11 is 0. The standard InChI is InChI=1S/C16H22N2O3/c1-11-5-6-14(12(2)10-11)21-9-7-15(19)18-8-3-4-13(18)16(17)20/h5-6,10,13H,3-4,7-9H2,1-2H3,(H2,17,20)/t13-/m0/s1. The van der Waals surface area contributed by atoms with Crippen molar-refractivity contribution in [2.45, 2.75) is 39.2 Å². The fraction of sp³-hybridized carbons (Fsp3) is 0.500. The van der Waals surface area contributed by atoms with E-state index in [2.05, 4.69) is 0 Å². The summed E-state index contributed by atoms with van der Waals surface area (Å²) in [6.07, 6.45) is 1.76. The molecule has 114 valence electrons. The number of hydrogen-bond acceptors (Lipinski definition) is 3. The first-order valence-electron chi connectivity index (χ1n) is 7.28. The second kappa shape index (κ2) is 6.61. The zero-order valence-electron chi connectivity index (χ0n) is 12.6. The normalized spacial score (nSPS) is 17.8. The van der Waals surface area contributed by atoms with Crippen LogP contribution >= 0.6 is 0 Å². The maximum Gasteiger partial charge on any atom is 0.240 e. The Labute approximate surface area is 125 Å². The highest BCUT2D eigenvalue weighted by atomic mass is 16.5. The zero-order chi connectivity index (χ0) is 15.4. The maximum atomic E-state index is 12.1. The molecule has 1 aliphatic rings. The number of carbonyl (C=O) groups is 2. The minimum absolute atomic E-state index is 0.0685. The van der Waals surface area contributed by atoms with Gasteiger partial charge in [-0.2, -0.15) is 0 Å². The molecule has 1 heterocycles. The van der Waals surface area contributed by atoms with Crippen molar-refractivity contribution < 1.29 is 14.3 Å². The zero-order valence-corrected chi connectivity index (χ0v) is 12.6. The Hall–Kier alpha value is -2.04. The Kier molecular flexibility index (Phi) is 4.83. The maximum absolute atomic E-state index is 12.1. The summed E-state index contributed by atoms with van der Waals surface area (Å²) in [5, 5.41) is 0.